The summed E-state index contributed by atoms with van der Waals surface area (Å²) in [5, 5.41) is 12.6. The number of thioether (sulfide) groups is 2. The van der Waals surface area contributed by atoms with Crippen molar-refractivity contribution in [3.8, 4) is 5.75 Å². The van der Waals surface area contributed by atoms with E-state index in [2.05, 4.69) is 10.6 Å². The Labute approximate surface area is 197 Å². The van der Waals surface area contributed by atoms with Crippen molar-refractivity contribution in [2.45, 2.75) is 50.7 Å². The van der Waals surface area contributed by atoms with Crippen molar-refractivity contribution < 1.29 is 19.1 Å². The molecule has 1 rings (SSSR count). The van der Waals surface area contributed by atoms with Crippen LogP contribution in [0.25, 0.3) is 0 Å². The smallest absolute Gasteiger partial charge is 0.237 e. The Morgan fingerprint density at radius 1 is 1.03 bits per heavy atom. The van der Waals surface area contributed by atoms with Crippen LogP contribution < -0.4 is 26.8 Å². The third-order valence-electron chi connectivity index (χ3n) is 4.30. The number of guanidine groups is 1. The Morgan fingerprint density at radius 3 is 2.31 bits per heavy atom. The number of rotatable bonds is 14. The maximum Gasteiger partial charge on any atom is 0.237 e. The molecule has 0 aromatic heterocycles. The van der Waals surface area contributed by atoms with Gasteiger partial charge in [-0.05, 0) is 42.5 Å². The Hall–Kier alpha value is -2.24. The van der Waals surface area contributed by atoms with Crippen LogP contribution in [0.3, 0.4) is 0 Å². The second kappa shape index (κ2) is 15.5. The highest BCUT2D eigenvalue weighted by Gasteiger charge is 2.13. The summed E-state index contributed by atoms with van der Waals surface area (Å²) < 4.78 is 5.74. The number of unbranched alkanes of at least 4 members (excludes halogenated alkanes) is 1. The van der Waals surface area contributed by atoms with E-state index in [0.717, 1.165) is 24.0 Å². The summed E-state index contributed by atoms with van der Waals surface area (Å²) in [4.78, 5) is 34.7. The van der Waals surface area contributed by atoms with E-state index in [1.807, 2.05) is 18.2 Å². The lowest BCUT2D eigenvalue weighted by molar-refractivity contribution is -0.122. The number of amides is 1. The highest BCUT2D eigenvalue weighted by molar-refractivity contribution is 8.13. The topological polar surface area (TPSA) is 160 Å². The molecule has 0 heterocycles. The molecule has 1 amide bonds. The summed E-state index contributed by atoms with van der Waals surface area (Å²) >= 11 is 2.43. The van der Waals surface area contributed by atoms with E-state index < -0.39 is 6.04 Å². The van der Waals surface area contributed by atoms with Crippen LogP contribution in [0.15, 0.2) is 18.2 Å². The summed E-state index contributed by atoms with van der Waals surface area (Å²) in [5.41, 5.74) is 13.0. The molecule has 0 aliphatic rings. The number of carbonyl (C=O) groups is 3. The van der Waals surface area contributed by atoms with Gasteiger partial charge in [-0.1, -0.05) is 29.6 Å². The van der Waals surface area contributed by atoms with Gasteiger partial charge in [0.25, 0.3) is 0 Å². The number of carbonyl (C=O) groups excluding carboxylic acids is 3. The number of nitrogens with two attached hydrogens (primary N) is 2. The van der Waals surface area contributed by atoms with E-state index in [-0.39, 0.29) is 28.7 Å². The minimum atomic E-state index is -0.597. The Bertz CT molecular complexity index is 791. The molecule has 0 spiro atoms. The van der Waals surface area contributed by atoms with Gasteiger partial charge in [0.05, 0.1) is 12.6 Å². The number of hydrogen-bond donors (Lipinski definition) is 5. The lowest BCUT2D eigenvalue weighted by Gasteiger charge is -2.14. The van der Waals surface area contributed by atoms with Gasteiger partial charge in [0.2, 0.25) is 5.91 Å². The van der Waals surface area contributed by atoms with Gasteiger partial charge in [0.15, 0.2) is 16.2 Å². The zero-order valence-electron chi connectivity index (χ0n) is 18.6. The van der Waals surface area contributed by atoms with Crippen LogP contribution in [-0.2, 0) is 25.9 Å². The molecule has 32 heavy (non-hydrogen) atoms. The van der Waals surface area contributed by atoms with Crippen LogP contribution in [-0.4, -0.2) is 47.8 Å². The van der Waals surface area contributed by atoms with Crippen LogP contribution in [0.4, 0.5) is 0 Å². The molecule has 1 aromatic rings. The molecule has 0 unspecified atom stereocenters. The van der Waals surface area contributed by atoms with E-state index >= 15 is 0 Å². The quantitative estimate of drug-likeness (QED) is 0.151. The molecule has 0 saturated heterocycles. The summed E-state index contributed by atoms with van der Waals surface area (Å²) in [5.74, 6) is 1.39. The molecule has 0 bridgehead atoms. The molecule has 178 valence electrons. The van der Waals surface area contributed by atoms with Crippen LogP contribution >= 0.6 is 23.5 Å². The average Bonchev–Trinajstić information content (AvgIpc) is 2.73. The molecular formula is C21H33N5O4S2. The van der Waals surface area contributed by atoms with Gasteiger partial charge < -0.3 is 26.8 Å². The molecule has 0 aliphatic heterocycles. The first-order chi connectivity index (χ1) is 15.2. The summed E-state index contributed by atoms with van der Waals surface area (Å²) in [6.07, 6.45) is 2.07. The number of nitrogens with one attached hydrogen (secondary N) is 3. The van der Waals surface area contributed by atoms with Crippen molar-refractivity contribution in [1.29, 1.82) is 5.41 Å². The van der Waals surface area contributed by atoms with E-state index in [0.29, 0.717) is 36.8 Å². The SMILES string of the molecule is CC(=O)SCc1ccc(OCCNC(=O)[C@H](N)CCCCNC(=N)N)cc1CSC(C)=O. The number of ether oxygens (including phenoxy) is 1. The van der Waals surface area contributed by atoms with Gasteiger partial charge in [-0.15, -0.1) is 0 Å². The highest BCUT2D eigenvalue weighted by Crippen LogP contribution is 2.26. The predicted molar refractivity (Wildman–Crippen MR) is 131 cm³/mol. The fraction of sp³-hybridized carbons (Fsp3) is 0.524. The zero-order valence-corrected chi connectivity index (χ0v) is 20.2. The monoisotopic (exact) mass is 483 g/mol. The van der Waals surface area contributed by atoms with Gasteiger partial charge in [-0.2, -0.15) is 0 Å². The highest BCUT2D eigenvalue weighted by atomic mass is 32.2. The van der Waals surface area contributed by atoms with Gasteiger partial charge in [0, 0.05) is 31.9 Å². The van der Waals surface area contributed by atoms with E-state index in [1.165, 1.54) is 37.4 Å². The first-order valence-corrected chi connectivity index (χ1v) is 12.3. The van der Waals surface area contributed by atoms with Gasteiger partial charge in [-0.25, -0.2) is 0 Å². The van der Waals surface area contributed by atoms with Crippen molar-refractivity contribution in [2.75, 3.05) is 19.7 Å². The first-order valence-electron chi connectivity index (χ1n) is 10.3. The summed E-state index contributed by atoms with van der Waals surface area (Å²) in [6.45, 7) is 4.22. The number of benzene rings is 1. The Kier molecular flexibility index (Phi) is 13.5. The second-order valence-corrected chi connectivity index (χ2v) is 9.38. The molecule has 0 aliphatic carbocycles. The molecule has 9 nitrogen and oxygen atoms in total. The maximum atomic E-state index is 12.1. The Balaban J connectivity index is 2.44. The molecule has 0 saturated carbocycles. The molecular weight excluding hydrogens is 450 g/mol. The third-order valence-corrected chi connectivity index (χ3v) is 6.03. The normalized spacial score (nSPS) is 11.5. The van der Waals surface area contributed by atoms with Crippen molar-refractivity contribution >= 4 is 45.6 Å². The summed E-state index contributed by atoms with van der Waals surface area (Å²) in [6, 6.07) is 4.99. The zero-order chi connectivity index (χ0) is 23.9. The van der Waals surface area contributed by atoms with Crippen molar-refractivity contribution in [3.63, 3.8) is 0 Å². The molecule has 11 heteroatoms. The van der Waals surface area contributed by atoms with Gasteiger partial charge >= 0.3 is 0 Å². The number of hydrogen-bond acceptors (Lipinski definition) is 8. The predicted octanol–water partition coefficient (Wildman–Crippen LogP) is 1.72. The molecule has 7 N–H and O–H groups in total. The molecule has 1 aromatic carbocycles. The van der Waals surface area contributed by atoms with Crippen LogP contribution in [0.2, 0.25) is 0 Å². The largest absolute Gasteiger partial charge is 0.492 e. The van der Waals surface area contributed by atoms with Gasteiger partial charge in [-0.3, -0.25) is 19.8 Å². The van der Waals surface area contributed by atoms with Crippen LogP contribution in [0.5, 0.6) is 5.75 Å². The minimum Gasteiger partial charge on any atom is -0.492 e. The van der Waals surface area contributed by atoms with Crippen molar-refractivity contribution in [3.05, 3.63) is 29.3 Å². The first kappa shape index (κ1) is 27.8. The van der Waals surface area contributed by atoms with Crippen molar-refractivity contribution in [2.24, 2.45) is 11.5 Å². The molecule has 0 fully saturated rings. The van der Waals surface area contributed by atoms with Crippen LogP contribution in [0.1, 0.15) is 44.2 Å². The van der Waals surface area contributed by atoms with Gasteiger partial charge in [0.1, 0.15) is 12.4 Å². The maximum absolute atomic E-state index is 12.1. The summed E-state index contributed by atoms with van der Waals surface area (Å²) in [7, 11) is 0. The minimum absolute atomic E-state index is 0.0238. The molecule has 0 radical (unpaired) electrons. The van der Waals surface area contributed by atoms with Crippen LogP contribution in [0, 0.1) is 5.41 Å². The van der Waals surface area contributed by atoms with E-state index in [1.54, 1.807) is 0 Å². The van der Waals surface area contributed by atoms with E-state index in [9.17, 15) is 14.4 Å². The Morgan fingerprint density at radius 2 is 1.69 bits per heavy atom. The standard InChI is InChI=1S/C21H33N5O4S2/c1-14(27)31-12-16-6-7-18(11-17(16)13-32-15(2)28)30-10-9-25-20(29)19(22)5-3-4-8-26-21(23)24/h6-7,11,19H,3-5,8-10,12-13,22H2,1-2H3,(H,25,29)(H4,23,24,26)/t19-/m1/s1. The van der Waals surface area contributed by atoms with E-state index in [4.69, 9.17) is 21.6 Å². The lowest BCUT2D eigenvalue weighted by atomic mass is 10.1. The fourth-order valence-corrected chi connectivity index (χ4v) is 3.91. The second-order valence-electron chi connectivity index (χ2n) is 7.07. The lowest BCUT2D eigenvalue weighted by Crippen LogP contribution is -2.42. The van der Waals surface area contributed by atoms with Crippen molar-refractivity contribution in [1.82, 2.24) is 10.6 Å². The average molecular weight is 484 g/mol. The third kappa shape index (κ3) is 12.6. The molecule has 1 atom stereocenters. The fourth-order valence-electron chi connectivity index (χ4n) is 2.64.